The maximum absolute atomic E-state index is 4.11. The van der Waals surface area contributed by atoms with Crippen LogP contribution in [-0.4, -0.2) is 17.5 Å². The minimum atomic E-state index is 0.531. The Morgan fingerprint density at radius 2 is 2.11 bits per heavy atom. The number of rotatable bonds is 8. The summed E-state index contributed by atoms with van der Waals surface area (Å²) >= 11 is 0. The van der Waals surface area contributed by atoms with Gasteiger partial charge in [-0.2, -0.15) is 0 Å². The summed E-state index contributed by atoms with van der Waals surface area (Å²) < 4.78 is 0. The highest BCUT2D eigenvalue weighted by Gasteiger charge is 2.49. The summed E-state index contributed by atoms with van der Waals surface area (Å²) in [6.07, 6.45) is 9.80. The van der Waals surface area contributed by atoms with Crippen LogP contribution in [0.2, 0.25) is 0 Å². The van der Waals surface area contributed by atoms with Crippen LogP contribution in [0.25, 0.3) is 0 Å². The van der Waals surface area contributed by atoms with Crippen LogP contribution in [-0.2, 0) is 0 Å². The van der Waals surface area contributed by atoms with Crippen molar-refractivity contribution in [2.75, 3.05) is 6.54 Å². The molecule has 0 heterocycles. The Labute approximate surface area is 114 Å². The van der Waals surface area contributed by atoms with E-state index in [4.69, 9.17) is 0 Å². The van der Waals surface area contributed by atoms with E-state index < -0.39 is 0 Å². The fraction of sp³-hybridized carbons (Fsp3) is 0.765. The molecule has 1 nitrogen and oxygen atoms in total. The van der Waals surface area contributed by atoms with Gasteiger partial charge in [0.15, 0.2) is 0 Å². The van der Waals surface area contributed by atoms with Gasteiger partial charge in [-0.15, -0.1) is 0 Å². The average molecular weight is 249 g/mol. The van der Waals surface area contributed by atoms with Crippen LogP contribution in [0.3, 0.4) is 0 Å². The average Bonchev–Trinajstić information content (AvgIpc) is 2.92. The van der Waals surface area contributed by atoms with Crippen molar-refractivity contribution in [3.63, 3.8) is 0 Å². The van der Waals surface area contributed by atoms with Crippen molar-refractivity contribution in [1.29, 1.82) is 0 Å². The standard InChI is InChI=1S/C17H31N/c1-7-8-9-10-11-16-12-17(16,6)13-18(14(2)3)15(4)5/h8-9,15-16H,2,7,10-13H2,1,3-6H3/b9-8-. The van der Waals surface area contributed by atoms with Gasteiger partial charge in [0.05, 0.1) is 0 Å². The van der Waals surface area contributed by atoms with E-state index in [1.807, 2.05) is 0 Å². The van der Waals surface area contributed by atoms with Gasteiger partial charge in [-0.1, -0.05) is 32.6 Å². The SMILES string of the molecule is C=C(C)N(CC1(C)CC1CC/C=C\CC)C(C)C. The molecule has 1 rings (SSSR count). The van der Waals surface area contributed by atoms with Crippen LogP contribution in [0, 0.1) is 11.3 Å². The number of allylic oxidation sites excluding steroid dienone is 3. The van der Waals surface area contributed by atoms with E-state index in [9.17, 15) is 0 Å². The molecule has 104 valence electrons. The first-order valence-corrected chi connectivity index (χ1v) is 7.48. The van der Waals surface area contributed by atoms with Gasteiger partial charge in [0.25, 0.3) is 0 Å². The Balaban J connectivity index is 2.39. The van der Waals surface area contributed by atoms with Gasteiger partial charge in [0.2, 0.25) is 0 Å². The predicted octanol–water partition coefficient (Wildman–Crippen LogP) is 5.00. The van der Waals surface area contributed by atoms with Gasteiger partial charge in [-0.3, -0.25) is 0 Å². The zero-order chi connectivity index (χ0) is 13.8. The second kappa shape index (κ2) is 6.45. The molecule has 0 spiro atoms. The molecule has 1 fully saturated rings. The smallest absolute Gasteiger partial charge is 0.0234 e. The molecule has 2 unspecified atom stereocenters. The lowest BCUT2D eigenvalue weighted by molar-refractivity contribution is 0.226. The van der Waals surface area contributed by atoms with Crippen LogP contribution in [0.5, 0.6) is 0 Å². The third kappa shape index (κ3) is 4.19. The number of hydrogen-bond donors (Lipinski definition) is 0. The Bertz CT molecular complexity index is 303. The molecule has 0 saturated heterocycles. The summed E-state index contributed by atoms with van der Waals surface area (Å²) in [5.74, 6) is 0.916. The van der Waals surface area contributed by atoms with Crippen molar-refractivity contribution in [3.05, 3.63) is 24.4 Å². The quantitative estimate of drug-likeness (QED) is 0.547. The van der Waals surface area contributed by atoms with Gasteiger partial charge in [-0.25, -0.2) is 0 Å². The molecule has 0 aromatic heterocycles. The van der Waals surface area contributed by atoms with E-state index >= 15 is 0 Å². The van der Waals surface area contributed by atoms with Crippen LogP contribution in [0.4, 0.5) is 0 Å². The summed E-state index contributed by atoms with van der Waals surface area (Å²) in [6.45, 7) is 16.6. The third-order valence-electron chi connectivity index (χ3n) is 4.27. The molecule has 1 aliphatic carbocycles. The van der Waals surface area contributed by atoms with Gasteiger partial charge in [0.1, 0.15) is 0 Å². The molecule has 1 aliphatic rings. The molecule has 1 heteroatoms. The van der Waals surface area contributed by atoms with Gasteiger partial charge in [-0.05, 0) is 57.8 Å². The largest absolute Gasteiger partial charge is 0.373 e. The van der Waals surface area contributed by atoms with Crippen molar-refractivity contribution >= 4 is 0 Å². The molecule has 0 amide bonds. The van der Waals surface area contributed by atoms with E-state index in [1.54, 1.807) is 0 Å². The topological polar surface area (TPSA) is 3.24 Å². The highest BCUT2D eigenvalue weighted by molar-refractivity contribution is 5.05. The summed E-state index contributed by atoms with van der Waals surface area (Å²) in [5, 5.41) is 0. The Morgan fingerprint density at radius 1 is 1.44 bits per heavy atom. The van der Waals surface area contributed by atoms with Crippen LogP contribution < -0.4 is 0 Å². The summed E-state index contributed by atoms with van der Waals surface area (Å²) in [4.78, 5) is 2.46. The van der Waals surface area contributed by atoms with E-state index in [0.717, 1.165) is 5.92 Å². The van der Waals surface area contributed by atoms with Crippen molar-refractivity contribution in [2.45, 2.75) is 66.3 Å². The molecule has 18 heavy (non-hydrogen) atoms. The zero-order valence-corrected chi connectivity index (χ0v) is 13.0. The van der Waals surface area contributed by atoms with E-state index in [2.05, 4.69) is 58.2 Å². The van der Waals surface area contributed by atoms with E-state index in [-0.39, 0.29) is 0 Å². The fourth-order valence-electron chi connectivity index (χ4n) is 2.88. The predicted molar refractivity (Wildman–Crippen MR) is 81.5 cm³/mol. The lowest BCUT2D eigenvalue weighted by Gasteiger charge is -2.32. The van der Waals surface area contributed by atoms with Gasteiger partial charge >= 0.3 is 0 Å². The van der Waals surface area contributed by atoms with Crippen molar-refractivity contribution < 1.29 is 0 Å². The first kappa shape index (κ1) is 15.3. The maximum Gasteiger partial charge on any atom is 0.0234 e. The second-order valence-corrected chi connectivity index (χ2v) is 6.47. The van der Waals surface area contributed by atoms with Crippen LogP contribution in [0.15, 0.2) is 24.4 Å². The highest BCUT2D eigenvalue weighted by Crippen LogP contribution is 2.55. The number of hydrogen-bond acceptors (Lipinski definition) is 1. The Morgan fingerprint density at radius 3 is 2.61 bits per heavy atom. The Hall–Kier alpha value is -0.720. The van der Waals surface area contributed by atoms with E-state index in [0.29, 0.717) is 11.5 Å². The van der Waals surface area contributed by atoms with Crippen molar-refractivity contribution in [3.8, 4) is 0 Å². The molecule has 0 N–H and O–H groups in total. The second-order valence-electron chi connectivity index (χ2n) is 6.47. The summed E-state index contributed by atoms with van der Waals surface area (Å²) in [7, 11) is 0. The molecule has 0 aromatic carbocycles. The van der Waals surface area contributed by atoms with Crippen LogP contribution >= 0.6 is 0 Å². The molecular formula is C17H31N. The van der Waals surface area contributed by atoms with E-state index in [1.165, 1.54) is 37.9 Å². The summed E-state index contributed by atoms with van der Waals surface area (Å²) in [6, 6.07) is 0.570. The maximum atomic E-state index is 4.11. The third-order valence-corrected chi connectivity index (χ3v) is 4.27. The lowest BCUT2D eigenvalue weighted by atomic mass is 10.0. The monoisotopic (exact) mass is 249 g/mol. The molecule has 0 bridgehead atoms. The molecule has 0 radical (unpaired) electrons. The highest BCUT2D eigenvalue weighted by atomic mass is 15.2. The lowest BCUT2D eigenvalue weighted by Crippen LogP contribution is -2.34. The molecule has 0 aromatic rings. The van der Waals surface area contributed by atoms with Gasteiger partial charge < -0.3 is 4.90 Å². The normalized spacial score (nSPS) is 26.9. The van der Waals surface area contributed by atoms with Gasteiger partial charge in [0, 0.05) is 18.3 Å². The Kier molecular flexibility index (Phi) is 5.49. The molecule has 0 aliphatic heterocycles. The number of nitrogens with zero attached hydrogens (tertiary/aromatic N) is 1. The molecule has 2 atom stereocenters. The first-order chi connectivity index (χ1) is 8.40. The summed E-state index contributed by atoms with van der Waals surface area (Å²) in [5.41, 5.74) is 1.74. The zero-order valence-electron chi connectivity index (χ0n) is 13.0. The first-order valence-electron chi connectivity index (χ1n) is 7.48. The minimum Gasteiger partial charge on any atom is -0.373 e. The fourth-order valence-corrected chi connectivity index (χ4v) is 2.88. The van der Waals surface area contributed by atoms with Crippen molar-refractivity contribution in [1.82, 2.24) is 4.90 Å². The molecular weight excluding hydrogens is 218 g/mol. The van der Waals surface area contributed by atoms with Crippen molar-refractivity contribution in [2.24, 2.45) is 11.3 Å². The molecule has 1 saturated carbocycles. The minimum absolute atomic E-state index is 0.531. The van der Waals surface area contributed by atoms with Crippen LogP contribution in [0.1, 0.15) is 60.3 Å².